The Bertz CT molecular complexity index is 3900. The second kappa shape index (κ2) is 16.9. The van der Waals surface area contributed by atoms with Crippen molar-refractivity contribution in [1.29, 1.82) is 5.41 Å². The summed E-state index contributed by atoms with van der Waals surface area (Å²) < 4.78 is 2.37. The van der Waals surface area contributed by atoms with E-state index in [9.17, 15) is 5.41 Å². The number of nitrogens with one attached hydrogen (secondary N) is 1. The minimum absolute atomic E-state index is 0.204. The fourth-order valence-corrected chi connectivity index (χ4v) is 9.91. The number of hydrogen-bond acceptors (Lipinski definition) is 1. The molecule has 0 amide bonds. The van der Waals surface area contributed by atoms with Crippen LogP contribution in [-0.2, 0) is 0 Å². The van der Waals surface area contributed by atoms with E-state index in [0.717, 1.165) is 55.7 Å². The Balaban J connectivity index is 0.914. The number of aliphatic imine (C=N–C) groups is 1. The van der Waals surface area contributed by atoms with E-state index in [1.807, 2.05) is 30.3 Å². The molecule has 0 aliphatic carbocycles. The molecule has 12 rings (SSSR count). The van der Waals surface area contributed by atoms with Crippen LogP contribution in [-0.4, -0.2) is 16.1 Å². The highest BCUT2D eigenvalue weighted by Crippen LogP contribution is 2.41. The number of hydrogen-bond donors (Lipinski definition) is 1. The molecule has 0 aliphatic rings. The highest BCUT2D eigenvalue weighted by Gasteiger charge is 2.19. The zero-order valence-electron chi connectivity index (χ0n) is 36.6. The third-order valence-electron chi connectivity index (χ3n) is 13.1. The largest absolute Gasteiger partial charge is 0.309 e. The molecule has 1 heterocycles. The molecule has 0 bridgehead atoms. The summed E-state index contributed by atoms with van der Waals surface area (Å²) in [6, 6.07) is 86.0. The number of nitrogens with zero attached hydrogens (tertiary/aromatic N) is 2. The van der Waals surface area contributed by atoms with E-state index in [1.165, 1.54) is 54.2 Å². The molecule has 314 valence electrons. The molecule has 0 spiro atoms. The first-order valence-electron chi connectivity index (χ1n) is 22.8. The zero-order valence-corrected chi connectivity index (χ0v) is 36.6. The van der Waals surface area contributed by atoms with Crippen molar-refractivity contribution in [2.24, 2.45) is 4.99 Å². The number of benzene rings is 11. The molecule has 1 aromatic heterocycles. The van der Waals surface area contributed by atoms with Gasteiger partial charge in [0.05, 0.1) is 16.7 Å². The standard InChI is InChI=1S/C64H43N3/c65-64(48-17-3-1-4-18-48)66-60(54-25-12-11-24-53(54)57-27-15-28-58-55-26-13-14-29-61(55)67(63(57)58)50-20-5-2-6-21-50)41-32-43-30-33-44(34-31-43)45-35-37-47(38-36-45)62-52-23-10-8-19-49(52)42-59-51-22-9-7-16-46(51)39-40-56(59)62/h1-42,65H/b41-32+,65-64?,66-60?. The lowest BCUT2D eigenvalue weighted by molar-refractivity contribution is 1.18. The summed E-state index contributed by atoms with van der Waals surface area (Å²) in [7, 11) is 0. The molecule has 0 saturated heterocycles. The third kappa shape index (κ3) is 7.20. The first-order valence-corrected chi connectivity index (χ1v) is 22.8. The van der Waals surface area contributed by atoms with Gasteiger partial charge in [-0.2, -0.15) is 0 Å². The first kappa shape index (κ1) is 39.7. The molecule has 11 aromatic carbocycles. The number of fused-ring (bicyclic) bond motifs is 7. The summed E-state index contributed by atoms with van der Waals surface area (Å²) in [6.07, 6.45) is 4.17. The minimum Gasteiger partial charge on any atom is -0.309 e. The van der Waals surface area contributed by atoms with Gasteiger partial charge >= 0.3 is 0 Å². The SMILES string of the molecule is N=C(N=C(/C=C/c1ccc(-c2ccc(-c3c4ccccc4cc4c3ccc3ccccc34)cc2)cc1)c1ccccc1-c1cccc2c3ccccc3n(-c3ccccc3)c12)c1ccccc1. The van der Waals surface area contributed by atoms with Crippen LogP contribution in [0.4, 0.5) is 0 Å². The molecule has 67 heavy (non-hydrogen) atoms. The van der Waals surface area contributed by atoms with Crippen LogP contribution in [0.3, 0.4) is 0 Å². The second-order valence-corrected chi connectivity index (χ2v) is 17.0. The third-order valence-corrected chi connectivity index (χ3v) is 13.1. The Kier molecular flexibility index (Phi) is 10.00. The predicted molar refractivity (Wildman–Crippen MR) is 285 cm³/mol. The average Bonchev–Trinajstić information content (AvgIpc) is 3.74. The van der Waals surface area contributed by atoms with Crippen molar-refractivity contribution in [3.8, 4) is 39.1 Å². The minimum atomic E-state index is 0.204. The quantitative estimate of drug-likeness (QED) is 0.0685. The van der Waals surface area contributed by atoms with Crippen molar-refractivity contribution < 1.29 is 0 Å². The van der Waals surface area contributed by atoms with Crippen molar-refractivity contribution >= 4 is 71.7 Å². The number of allylic oxidation sites excluding steroid dienone is 1. The monoisotopic (exact) mass is 853 g/mol. The van der Waals surface area contributed by atoms with E-state index < -0.39 is 0 Å². The van der Waals surface area contributed by atoms with Crippen LogP contribution < -0.4 is 0 Å². The lowest BCUT2D eigenvalue weighted by Crippen LogP contribution is -2.06. The maximum atomic E-state index is 9.20. The fraction of sp³-hybridized carbons (Fsp3) is 0. The smallest absolute Gasteiger partial charge is 0.152 e. The molecule has 1 N–H and O–H groups in total. The first-order chi connectivity index (χ1) is 33.2. The summed E-state index contributed by atoms with van der Waals surface area (Å²) in [5.41, 5.74) is 13.7. The predicted octanol–water partition coefficient (Wildman–Crippen LogP) is 16.8. The van der Waals surface area contributed by atoms with Crippen molar-refractivity contribution in [3.05, 3.63) is 265 Å². The molecule has 12 aromatic rings. The molecule has 0 atom stereocenters. The Hall–Kier alpha value is -8.92. The highest BCUT2D eigenvalue weighted by atomic mass is 15.0. The van der Waals surface area contributed by atoms with Gasteiger partial charge in [-0.15, -0.1) is 0 Å². The molecular weight excluding hydrogens is 811 g/mol. The van der Waals surface area contributed by atoms with E-state index in [-0.39, 0.29) is 5.84 Å². The fourth-order valence-electron chi connectivity index (χ4n) is 9.91. The Labute approximate surface area is 389 Å². The van der Waals surface area contributed by atoms with Gasteiger partial charge in [-0.05, 0) is 96.0 Å². The summed E-state index contributed by atoms with van der Waals surface area (Å²) in [5.74, 6) is 0.204. The summed E-state index contributed by atoms with van der Waals surface area (Å²) in [4.78, 5) is 5.08. The van der Waals surface area contributed by atoms with Gasteiger partial charge in [-0.25, -0.2) is 4.99 Å². The van der Waals surface area contributed by atoms with Crippen molar-refractivity contribution in [3.63, 3.8) is 0 Å². The Morgan fingerprint density at radius 2 is 1.01 bits per heavy atom. The molecule has 0 unspecified atom stereocenters. The number of amidine groups is 1. The lowest BCUT2D eigenvalue weighted by atomic mass is 9.89. The molecule has 0 saturated carbocycles. The van der Waals surface area contributed by atoms with Gasteiger partial charge in [-0.1, -0.05) is 224 Å². The Morgan fingerprint density at radius 1 is 0.418 bits per heavy atom. The van der Waals surface area contributed by atoms with E-state index in [1.54, 1.807) is 0 Å². The maximum absolute atomic E-state index is 9.20. The van der Waals surface area contributed by atoms with Crippen molar-refractivity contribution in [2.45, 2.75) is 0 Å². The Morgan fingerprint density at radius 3 is 1.81 bits per heavy atom. The van der Waals surface area contributed by atoms with Gasteiger partial charge in [0.25, 0.3) is 0 Å². The van der Waals surface area contributed by atoms with Gasteiger partial charge in [0, 0.05) is 33.2 Å². The van der Waals surface area contributed by atoms with Gasteiger partial charge in [0.1, 0.15) is 0 Å². The molecule has 0 fully saturated rings. The average molecular weight is 854 g/mol. The van der Waals surface area contributed by atoms with Gasteiger partial charge in [-0.3, -0.25) is 5.41 Å². The van der Waals surface area contributed by atoms with E-state index in [2.05, 4.69) is 229 Å². The van der Waals surface area contributed by atoms with E-state index in [0.29, 0.717) is 5.71 Å². The van der Waals surface area contributed by atoms with Crippen LogP contribution in [0.5, 0.6) is 0 Å². The zero-order chi connectivity index (χ0) is 44.7. The second-order valence-electron chi connectivity index (χ2n) is 17.0. The van der Waals surface area contributed by atoms with Crippen LogP contribution in [0.25, 0.3) is 99.3 Å². The van der Waals surface area contributed by atoms with Gasteiger partial charge in [0.2, 0.25) is 0 Å². The summed E-state index contributed by atoms with van der Waals surface area (Å²) in [6.45, 7) is 0. The van der Waals surface area contributed by atoms with Crippen LogP contribution in [0.1, 0.15) is 16.7 Å². The molecule has 3 heteroatoms. The van der Waals surface area contributed by atoms with Gasteiger partial charge in [0.15, 0.2) is 5.84 Å². The van der Waals surface area contributed by atoms with Crippen LogP contribution in [0.2, 0.25) is 0 Å². The number of rotatable bonds is 8. The number of para-hydroxylation sites is 3. The molecular formula is C64H43N3. The van der Waals surface area contributed by atoms with Crippen molar-refractivity contribution in [2.75, 3.05) is 0 Å². The maximum Gasteiger partial charge on any atom is 0.152 e. The van der Waals surface area contributed by atoms with Crippen LogP contribution in [0, 0.1) is 5.41 Å². The molecule has 0 radical (unpaired) electrons. The summed E-state index contributed by atoms with van der Waals surface area (Å²) >= 11 is 0. The van der Waals surface area contributed by atoms with E-state index >= 15 is 0 Å². The number of aromatic nitrogens is 1. The van der Waals surface area contributed by atoms with Crippen molar-refractivity contribution in [1.82, 2.24) is 4.57 Å². The summed E-state index contributed by atoms with van der Waals surface area (Å²) in [5, 5.41) is 19.1. The molecule has 3 nitrogen and oxygen atoms in total. The normalized spacial score (nSPS) is 12.0. The van der Waals surface area contributed by atoms with Gasteiger partial charge < -0.3 is 4.57 Å². The van der Waals surface area contributed by atoms with Crippen LogP contribution in [0.15, 0.2) is 254 Å². The molecule has 0 aliphatic heterocycles. The van der Waals surface area contributed by atoms with Crippen LogP contribution >= 0.6 is 0 Å². The topological polar surface area (TPSA) is 41.1 Å². The van der Waals surface area contributed by atoms with E-state index in [4.69, 9.17) is 4.99 Å². The highest BCUT2D eigenvalue weighted by molar-refractivity contribution is 6.23. The lowest BCUT2D eigenvalue weighted by Gasteiger charge is -2.15.